The predicted molar refractivity (Wildman–Crippen MR) is 95.4 cm³/mol. The lowest BCUT2D eigenvalue weighted by Crippen LogP contribution is -2.19. The minimum absolute atomic E-state index is 0.0767. The molecule has 3 rings (SSSR count). The van der Waals surface area contributed by atoms with E-state index in [-0.39, 0.29) is 22.7 Å². The van der Waals surface area contributed by atoms with Gasteiger partial charge in [-0.1, -0.05) is 0 Å². The van der Waals surface area contributed by atoms with E-state index in [2.05, 4.69) is 10.1 Å². The van der Waals surface area contributed by atoms with Crippen molar-refractivity contribution in [3.05, 3.63) is 47.8 Å². The number of benzene rings is 2. The highest BCUT2D eigenvalue weighted by Gasteiger charge is 2.18. The van der Waals surface area contributed by atoms with Crippen molar-refractivity contribution in [1.82, 2.24) is 0 Å². The summed E-state index contributed by atoms with van der Waals surface area (Å²) in [7, 11) is 1.30. The number of amides is 1. The third-order valence-corrected chi connectivity index (χ3v) is 4.29. The second kappa shape index (κ2) is 8.20. The maximum Gasteiger partial charge on any atom is 0.387 e. The molecule has 1 aliphatic heterocycles. The van der Waals surface area contributed by atoms with Crippen molar-refractivity contribution in [3.63, 3.8) is 0 Å². The monoisotopic (exact) mass is 380 g/mol. The first-order valence-corrected chi connectivity index (χ1v) is 8.46. The number of ether oxygens (including phenoxy) is 2. The summed E-state index contributed by atoms with van der Waals surface area (Å²) in [6.45, 7) is -1.44. The molecule has 2 aromatic rings. The number of anilines is 2. The summed E-state index contributed by atoms with van der Waals surface area (Å²) in [6, 6.07) is 8.37. The number of rotatable bonds is 6. The highest BCUT2D eigenvalue weighted by Crippen LogP contribution is 2.30. The topological polar surface area (TPSA) is 50.8 Å². The zero-order valence-electron chi connectivity index (χ0n) is 14.7. The number of halogens is 3. The summed E-state index contributed by atoms with van der Waals surface area (Å²) < 4.78 is 48.7. The van der Waals surface area contributed by atoms with E-state index in [0.717, 1.165) is 32.0 Å². The van der Waals surface area contributed by atoms with Crippen molar-refractivity contribution in [2.45, 2.75) is 19.5 Å². The molecule has 1 aliphatic rings. The molecular formula is C19H19F3N2O3. The third-order valence-electron chi connectivity index (χ3n) is 4.29. The van der Waals surface area contributed by atoms with Gasteiger partial charge < -0.3 is 19.7 Å². The van der Waals surface area contributed by atoms with E-state index in [1.165, 1.54) is 25.3 Å². The largest absolute Gasteiger partial charge is 0.493 e. The number of hydrogen-bond acceptors (Lipinski definition) is 4. The van der Waals surface area contributed by atoms with Crippen LogP contribution in [-0.2, 0) is 0 Å². The van der Waals surface area contributed by atoms with Gasteiger partial charge in [-0.3, -0.25) is 4.79 Å². The zero-order valence-corrected chi connectivity index (χ0v) is 14.7. The van der Waals surface area contributed by atoms with Crippen molar-refractivity contribution < 1.29 is 27.4 Å². The van der Waals surface area contributed by atoms with Gasteiger partial charge in [0, 0.05) is 24.3 Å². The van der Waals surface area contributed by atoms with E-state index < -0.39 is 18.3 Å². The van der Waals surface area contributed by atoms with Crippen LogP contribution >= 0.6 is 0 Å². The molecule has 2 aromatic carbocycles. The third kappa shape index (κ3) is 4.45. The summed E-state index contributed by atoms with van der Waals surface area (Å²) in [6.07, 6.45) is 2.05. The van der Waals surface area contributed by atoms with E-state index >= 15 is 0 Å². The number of nitrogens with one attached hydrogen (secondary N) is 1. The Morgan fingerprint density at radius 2 is 1.85 bits per heavy atom. The van der Waals surface area contributed by atoms with Gasteiger partial charge in [-0.2, -0.15) is 8.78 Å². The molecule has 27 heavy (non-hydrogen) atoms. The summed E-state index contributed by atoms with van der Waals surface area (Å²) >= 11 is 0. The standard InChI is InChI=1S/C19H19F3N2O3/c1-26-16-7-4-12(10-17(16)27-19(21)22)18(25)23-13-5-6-15(14(20)11-13)24-8-2-3-9-24/h4-7,10-11,19H,2-3,8-9H2,1H3,(H,23,25). The van der Waals surface area contributed by atoms with Gasteiger partial charge in [0.2, 0.25) is 0 Å². The Labute approximate surface area is 154 Å². The van der Waals surface area contributed by atoms with Gasteiger partial charge in [0.25, 0.3) is 5.91 Å². The molecule has 0 unspecified atom stereocenters. The quantitative estimate of drug-likeness (QED) is 0.812. The fourth-order valence-corrected chi connectivity index (χ4v) is 3.01. The number of nitrogens with zero attached hydrogens (tertiary/aromatic N) is 1. The molecule has 1 amide bonds. The van der Waals surface area contributed by atoms with Crippen molar-refractivity contribution in [3.8, 4) is 11.5 Å². The van der Waals surface area contributed by atoms with Crippen LogP contribution in [0.5, 0.6) is 11.5 Å². The normalized spacial score (nSPS) is 13.7. The first-order chi connectivity index (χ1) is 13.0. The van der Waals surface area contributed by atoms with Gasteiger partial charge in [-0.25, -0.2) is 4.39 Å². The SMILES string of the molecule is COc1ccc(C(=O)Nc2ccc(N3CCCC3)c(F)c2)cc1OC(F)F. The van der Waals surface area contributed by atoms with Gasteiger partial charge in [0.1, 0.15) is 5.82 Å². The van der Waals surface area contributed by atoms with E-state index in [1.807, 2.05) is 4.90 Å². The van der Waals surface area contributed by atoms with Crippen LogP contribution in [0.15, 0.2) is 36.4 Å². The van der Waals surface area contributed by atoms with Crippen LogP contribution in [0.1, 0.15) is 23.2 Å². The van der Waals surface area contributed by atoms with Gasteiger partial charge in [-0.05, 0) is 49.2 Å². The second-order valence-corrected chi connectivity index (χ2v) is 6.06. The Balaban J connectivity index is 1.76. The molecule has 0 radical (unpaired) electrons. The summed E-state index contributed by atoms with van der Waals surface area (Å²) in [5.41, 5.74) is 0.852. The van der Waals surface area contributed by atoms with Crippen molar-refractivity contribution in [2.75, 3.05) is 30.4 Å². The Bertz CT molecular complexity index is 824. The van der Waals surface area contributed by atoms with Crippen LogP contribution < -0.4 is 19.7 Å². The van der Waals surface area contributed by atoms with Gasteiger partial charge in [0.05, 0.1) is 12.8 Å². The van der Waals surface area contributed by atoms with Gasteiger partial charge >= 0.3 is 6.61 Å². The van der Waals surface area contributed by atoms with Crippen LogP contribution in [0, 0.1) is 5.82 Å². The molecule has 1 saturated heterocycles. The van der Waals surface area contributed by atoms with Crippen molar-refractivity contribution in [1.29, 1.82) is 0 Å². The van der Waals surface area contributed by atoms with Gasteiger partial charge in [-0.15, -0.1) is 0 Å². The molecule has 0 spiro atoms. The summed E-state index contributed by atoms with van der Waals surface area (Å²) in [4.78, 5) is 14.3. The van der Waals surface area contributed by atoms with Crippen LogP contribution in [0.3, 0.4) is 0 Å². The van der Waals surface area contributed by atoms with E-state index in [0.29, 0.717) is 5.69 Å². The summed E-state index contributed by atoms with van der Waals surface area (Å²) in [5, 5.41) is 2.55. The Morgan fingerprint density at radius 3 is 2.48 bits per heavy atom. The molecule has 0 atom stereocenters. The molecule has 8 heteroatoms. The van der Waals surface area contributed by atoms with E-state index in [4.69, 9.17) is 4.74 Å². The molecule has 0 aliphatic carbocycles. The maximum atomic E-state index is 14.3. The number of methoxy groups -OCH3 is 1. The fourth-order valence-electron chi connectivity index (χ4n) is 3.01. The highest BCUT2D eigenvalue weighted by atomic mass is 19.3. The first-order valence-electron chi connectivity index (χ1n) is 8.46. The first kappa shape index (κ1) is 18.9. The van der Waals surface area contributed by atoms with Crippen LogP contribution in [-0.4, -0.2) is 32.7 Å². The van der Waals surface area contributed by atoms with E-state index in [9.17, 15) is 18.0 Å². The number of carbonyl (C=O) groups is 1. The van der Waals surface area contributed by atoms with Crippen molar-refractivity contribution >= 4 is 17.3 Å². The zero-order chi connectivity index (χ0) is 19.4. The lowest BCUT2D eigenvalue weighted by Gasteiger charge is -2.19. The molecule has 144 valence electrons. The van der Waals surface area contributed by atoms with Crippen molar-refractivity contribution in [2.24, 2.45) is 0 Å². The Kier molecular flexibility index (Phi) is 5.73. The lowest BCUT2D eigenvalue weighted by atomic mass is 10.1. The molecule has 5 nitrogen and oxygen atoms in total. The molecule has 0 aromatic heterocycles. The number of hydrogen-bond donors (Lipinski definition) is 1. The fraction of sp³-hybridized carbons (Fsp3) is 0.316. The molecule has 1 fully saturated rings. The molecular weight excluding hydrogens is 361 g/mol. The Hall–Kier alpha value is -2.90. The summed E-state index contributed by atoms with van der Waals surface area (Å²) in [5.74, 6) is -1.18. The van der Waals surface area contributed by atoms with Gasteiger partial charge in [0.15, 0.2) is 11.5 Å². The smallest absolute Gasteiger partial charge is 0.387 e. The second-order valence-electron chi connectivity index (χ2n) is 6.06. The van der Waals surface area contributed by atoms with Crippen LogP contribution in [0.2, 0.25) is 0 Å². The lowest BCUT2D eigenvalue weighted by molar-refractivity contribution is -0.0512. The maximum absolute atomic E-state index is 14.3. The minimum atomic E-state index is -3.05. The molecule has 1 heterocycles. The molecule has 1 N–H and O–H groups in total. The molecule has 0 bridgehead atoms. The predicted octanol–water partition coefficient (Wildman–Crippen LogP) is 4.29. The Morgan fingerprint density at radius 1 is 1.11 bits per heavy atom. The highest BCUT2D eigenvalue weighted by molar-refractivity contribution is 6.04. The average molecular weight is 380 g/mol. The van der Waals surface area contributed by atoms with Crippen LogP contribution in [0.25, 0.3) is 0 Å². The van der Waals surface area contributed by atoms with Crippen LogP contribution in [0.4, 0.5) is 24.5 Å². The average Bonchev–Trinajstić information content (AvgIpc) is 3.15. The molecule has 0 saturated carbocycles. The number of alkyl halides is 2. The van der Waals surface area contributed by atoms with E-state index in [1.54, 1.807) is 12.1 Å². The number of carbonyl (C=O) groups excluding carboxylic acids is 1. The minimum Gasteiger partial charge on any atom is -0.493 e.